The van der Waals surface area contributed by atoms with Crippen LogP contribution < -0.4 is 10.1 Å². The SMILES string of the molecule is C[C@H](CC[C@H](C(=O)OC(C)(C)C)C1CC1)Oc1ccccc1CCCNC(=O)OCc1ccccc1. The highest BCUT2D eigenvalue weighted by molar-refractivity contribution is 5.73. The molecule has 1 saturated carbocycles. The summed E-state index contributed by atoms with van der Waals surface area (Å²) in [6, 6.07) is 17.6. The number of carbonyl (C=O) groups excluding carboxylic acids is 2. The molecular formula is C30H41NO5. The van der Waals surface area contributed by atoms with Crippen molar-refractivity contribution in [2.75, 3.05) is 6.54 Å². The Morgan fingerprint density at radius 2 is 1.69 bits per heavy atom. The van der Waals surface area contributed by atoms with Crippen molar-refractivity contribution in [3.05, 3.63) is 65.7 Å². The number of alkyl carbamates (subject to hydrolysis) is 1. The van der Waals surface area contributed by atoms with E-state index in [-0.39, 0.29) is 24.6 Å². The van der Waals surface area contributed by atoms with Crippen LogP contribution in [0.4, 0.5) is 4.79 Å². The molecule has 0 unspecified atom stereocenters. The molecule has 0 aliphatic heterocycles. The number of ether oxygens (including phenoxy) is 3. The summed E-state index contributed by atoms with van der Waals surface area (Å²) in [4.78, 5) is 24.6. The van der Waals surface area contributed by atoms with Crippen LogP contribution in [0.25, 0.3) is 0 Å². The average Bonchev–Trinajstić information content (AvgIpc) is 3.66. The maximum absolute atomic E-state index is 12.7. The minimum absolute atomic E-state index is 0.0130. The molecule has 0 spiro atoms. The molecule has 2 aromatic rings. The fourth-order valence-corrected chi connectivity index (χ4v) is 4.18. The van der Waals surface area contributed by atoms with Gasteiger partial charge in [0.1, 0.15) is 18.0 Å². The van der Waals surface area contributed by atoms with E-state index < -0.39 is 11.7 Å². The average molecular weight is 496 g/mol. The number of nitrogens with one attached hydrogen (secondary N) is 1. The molecule has 3 rings (SSSR count). The highest BCUT2D eigenvalue weighted by atomic mass is 16.6. The summed E-state index contributed by atoms with van der Waals surface area (Å²) in [5.74, 6) is 1.19. The second kappa shape index (κ2) is 13.3. The number of aryl methyl sites for hydroxylation is 1. The maximum atomic E-state index is 12.7. The second-order valence-corrected chi connectivity index (χ2v) is 10.7. The van der Waals surface area contributed by atoms with Crippen LogP contribution in [0, 0.1) is 11.8 Å². The molecule has 1 fully saturated rings. The summed E-state index contributed by atoms with van der Waals surface area (Å²) >= 11 is 0. The van der Waals surface area contributed by atoms with Gasteiger partial charge in [0.2, 0.25) is 0 Å². The molecule has 0 saturated heterocycles. The first-order valence-corrected chi connectivity index (χ1v) is 13.1. The van der Waals surface area contributed by atoms with E-state index in [1.807, 2.05) is 69.3 Å². The van der Waals surface area contributed by atoms with Crippen molar-refractivity contribution in [1.29, 1.82) is 0 Å². The summed E-state index contributed by atoms with van der Waals surface area (Å²) in [5.41, 5.74) is 1.61. The highest BCUT2D eigenvalue weighted by Crippen LogP contribution is 2.40. The molecule has 0 heterocycles. The van der Waals surface area contributed by atoms with E-state index in [9.17, 15) is 9.59 Å². The number of esters is 1. The Morgan fingerprint density at radius 3 is 2.39 bits per heavy atom. The zero-order valence-electron chi connectivity index (χ0n) is 22.1. The van der Waals surface area contributed by atoms with Crippen LogP contribution in [-0.2, 0) is 27.3 Å². The van der Waals surface area contributed by atoms with Crippen molar-refractivity contribution in [3.8, 4) is 5.75 Å². The van der Waals surface area contributed by atoms with E-state index in [1.165, 1.54) is 0 Å². The predicted molar refractivity (Wildman–Crippen MR) is 141 cm³/mol. The minimum atomic E-state index is -0.460. The van der Waals surface area contributed by atoms with E-state index in [2.05, 4.69) is 18.3 Å². The topological polar surface area (TPSA) is 73.9 Å². The van der Waals surface area contributed by atoms with Gasteiger partial charge < -0.3 is 19.5 Å². The fourth-order valence-electron chi connectivity index (χ4n) is 4.18. The van der Waals surface area contributed by atoms with E-state index >= 15 is 0 Å². The number of benzene rings is 2. The van der Waals surface area contributed by atoms with Crippen LogP contribution in [0.15, 0.2) is 54.6 Å². The summed E-state index contributed by atoms with van der Waals surface area (Å²) in [6.07, 6.45) is 4.92. The Bertz CT molecular complexity index is 965. The van der Waals surface area contributed by atoms with Crippen LogP contribution in [0.3, 0.4) is 0 Å². The van der Waals surface area contributed by atoms with Crippen LogP contribution in [0.2, 0.25) is 0 Å². The Labute approximate surface area is 215 Å². The number of amides is 1. The van der Waals surface area contributed by atoms with Gasteiger partial charge in [-0.2, -0.15) is 0 Å². The van der Waals surface area contributed by atoms with E-state index in [0.29, 0.717) is 12.5 Å². The van der Waals surface area contributed by atoms with Crippen molar-refractivity contribution in [2.45, 2.75) is 84.5 Å². The Kier molecular flexibility index (Phi) is 10.2. The predicted octanol–water partition coefficient (Wildman–Crippen LogP) is 6.46. The van der Waals surface area contributed by atoms with Crippen molar-refractivity contribution < 1.29 is 23.8 Å². The lowest BCUT2D eigenvalue weighted by Gasteiger charge is -2.25. The molecule has 2 atom stereocenters. The number of para-hydroxylation sites is 1. The lowest BCUT2D eigenvalue weighted by molar-refractivity contribution is -0.161. The van der Waals surface area contributed by atoms with Crippen LogP contribution >= 0.6 is 0 Å². The molecule has 1 aliphatic rings. The van der Waals surface area contributed by atoms with E-state index in [4.69, 9.17) is 14.2 Å². The van der Waals surface area contributed by atoms with Gasteiger partial charge >= 0.3 is 12.1 Å². The van der Waals surface area contributed by atoms with Crippen molar-refractivity contribution in [3.63, 3.8) is 0 Å². The van der Waals surface area contributed by atoms with Gasteiger partial charge in [0.15, 0.2) is 0 Å². The molecule has 0 radical (unpaired) electrons. The standard InChI is InChI=1S/C30H41NO5/c1-22(16-19-26(24-17-18-24)28(32)36-30(2,3)4)35-27-15-9-8-13-25(27)14-10-20-31-29(33)34-21-23-11-6-5-7-12-23/h5-9,11-13,15,22,24,26H,10,14,16-21H2,1-4H3,(H,31,33)/t22-,26+/m1/s1. The zero-order chi connectivity index (χ0) is 26.0. The van der Waals surface area contributed by atoms with Gasteiger partial charge in [-0.15, -0.1) is 0 Å². The van der Waals surface area contributed by atoms with Gasteiger partial charge in [-0.05, 0) is 89.3 Å². The van der Waals surface area contributed by atoms with Crippen LogP contribution in [0.5, 0.6) is 5.75 Å². The van der Waals surface area contributed by atoms with Gasteiger partial charge in [-0.25, -0.2) is 4.79 Å². The number of hydrogen-bond acceptors (Lipinski definition) is 5. The zero-order valence-corrected chi connectivity index (χ0v) is 22.1. The number of hydrogen-bond donors (Lipinski definition) is 1. The Balaban J connectivity index is 1.40. The molecule has 1 N–H and O–H groups in total. The molecule has 6 nitrogen and oxygen atoms in total. The highest BCUT2D eigenvalue weighted by Gasteiger charge is 2.38. The summed E-state index contributed by atoms with van der Waals surface area (Å²) in [7, 11) is 0. The third-order valence-corrected chi connectivity index (χ3v) is 6.19. The quantitative estimate of drug-likeness (QED) is 0.255. The Hall–Kier alpha value is -3.02. The van der Waals surface area contributed by atoms with Crippen LogP contribution in [-0.4, -0.2) is 30.3 Å². The van der Waals surface area contributed by atoms with Crippen LogP contribution in [0.1, 0.15) is 70.9 Å². The normalized spacial score (nSPS) is 15.0. The molecule has 1 aliphatic carbocycles. The number of rotatable bonds is 13. The van der Waals surface area contributed by atoms with Gasteiger partial charge in [-0.3, -0.25) is 4.79 Å². The third-order valence-electron chi connectivity index (χ3n) is 6.19. The third kappa shape index (κ3) is 9.92. The fraction of sp³-hybridized carbons (Fsp3) is 0.533. The molecule has 36 heavy (non-hydrogen) atoms. The molecule has 0 bridgehead atoms. The van der Waals surface area contributed by atoms with Gasteiger partial charge in [-0.1, -0.05) is 48.5 Å². The minimum Gasteiger partial charge on any atom is -0.490 e. The van der Waals surface area contributed by atoms with Gasteiger partial charge in [0, 0.05) is 6.54 Å². The smallest absolute Gasteiger partial charge is 0.407 e. The molecule has 1 amide bonds. The second-order valence-electron chi connectivity index (χ2n) is 10.7. The first-order chi connectivity index (χ1) is 17.2. The summed E-state index contributed by atoms with van der Waals surface area (Å²) < 4.78 is 17.2. The van der Waals surface area contributed by atoms with E-state index in [1.54, 1.807) is 0 Å². The monoisotopic (exact) mass is 495 g/mol. The van der Waals surface area contributed by atoms with Crippen molar-refractivity contribution >= 4 is 12.1 Å². The largest absolute Gasteiger partial charge is 0.490 e. The lowest BCUT2D eigenvalue weighted by Crippen LogP contribution is -2.30. The first-order valence-electron chi connectivity index (χ1n) is 13.1. The van der Waals surface area contributed by atoms with E-state index in [0.717, 1.165) is 55.4 Å². The molecule has 196 valence electrons. The summed E-state index contributed by atoms with van der Waals surface area (Å²) in [5, 5.41) is 2.81. The maximum Gasteiger partial charge on any atom is 0.407 e. The lowest BCUT2D eigenvalue weighted by atomic mass is 9.96. The molecular weight excluding hydrogens is 454 g/mol. The molecule has 6 heteroatoms. The molecule has 0 aromatic heterocycles. The first kappa shape index (κ1) is 27.6. The van der Waals surface area contributed by atoms with Gasteiger partial charge in [0.25, 0.3) is 0 Å². The van der Waals surface area contributed by atoms with Crippen molar-refractivity contribution in [2.24, 2.45) is 11.8 Å². The van der Waals surface area contributed by atoms with Crippen molar-refractivity contribution in [1.82, 2.24) is 5.32 Å². The molecule has 2 aromatic carbocycles. The summed E-state index contributed by atoms with van der Waals surface area (Å²) in [6.45, 7) is 8.59. The number of carbonyl (C=O) groups is 2. The Morgan fingerprint density at radius 1 is 1.00 bits per heavy atom. The van der Waals surface area contributed by atoms with Gasteiger partial charge in [0.05, 0.1) is 12.0 Å².